The van der Waals surface area contributed by atoms with E-state index in [1.807, 2.05) is 0 Å². The van der Waals surface area contributed by atoms with Crippen molar-refractivity contribution < 1.29 is 12.8 Å². The molecule has 1 aromatic heterocycles. The summed E-state index contributed by atoms with van der Waals surface area (Å²) in [6.07, 6.45) is 3.00. The standard InChI is InChI=1S/C13H17FN4O2S/c1-9-3-12(4-10(5-15-2)13(9)14)21(19,20)18-7-11-6-16-8-17-11/h3-4,6,8,15,18H,5,7H2,1-2H3,(H,16,17). The second kappa shape index (κ2) is 6.33. The van der Waals surface area contributed by atoms with E-state index in [1.165, 1.54) is 24.7 Å². The Morgan fingerprint density at radius 2 is 2.10 bits per heavy atom. The normalized spacial score (nSPS) is 11.8. The number of hydrogen-bond acceptors (Lipinski definition) is 4. The van der Waals surface area contributed by atoms with E-state index in [9.17, 15) is 12.8 Å². The molecule has 114 valence electrons. The zero-order valence-corrected chi connectivity index (χ0v) is 12.6. The molecule has 0 unspecified atom stereocenters. The van der Waals surface area contributed by atoms with Crippen LogP contribution < -0.4 is 10.0 Å². The fraction of sp³-hybridized carbons (Fsp3) is 0.308. The van der Waals surface area contributed by atoms with Crippen LogP contribution in [0.1, 0.15) is 16.8 Å². The lowest BCUT2D eigenvalue weighted by molar-refractivity contribution is 0.574. The summed E-state index contributed by atoms with van der Waals surface area (Å²) in [6, 6.07) is 2.66. The summed E-state index contributed by atoms with van der Waals surface area (Å²) in [5.41, 5.74) is 1.26. The van der Waals surface area contributed by atoms with Gasteiger partial charge in [-0.25, -0.2) is 22.5 Å². The first kappa shape index (κ1) is 15.6. The monoisotopic (exact) mass is 312 g/mol. The van der Waals surface area contributed by atoms with Crippen molar-refractivity contribution in [1.82, 2.24) is 20.0 Å². The number of benzene rings is 1. The van der Waals surface area contributed by atoms with Gasteiger partial charge in [0.05, 0.1) is 17.8 Å². The van der Waals surface area contributed by atoms with E-state index in [0.717, 1.165) is 0 Å². The maximum atomic E-state index is 13.9. The van der Waals surface area contributed by atoms with E-state index >= 15 is 0 Å². The molecule has 0 saturated carbocycles. The average Bonchev–Trinajstić information content (AvgIpc) is 2.95. The number of halogens is 1. The summed E-state index contributed by atoms with van der Waals surface area (Å²) in [7, 11) is -2.04. The third-order valence-electron chi connectivity index (χ3n) is 2.99. The highest BCUT2D eigenvalue weighted by molar-refractivity contribution is 7.89. The number of imidazole rings is 1. The highest BCUT2D eigenvalue weighted by Crippen LogP contribution is 2.19. The van der Waals surface area contributed by atoms with E-state index in [-0.39, 0.29) is 18.0 Å². The Balaban J connectivity index is 2.27. The Kier molecular flexibility index (Phi) is 4.71. The van der Waals surface area contributed by atoms with Crippen molar-refractivity contribution in [3.63, 3.8) is 0 Å². The number of aromatic amines is 1. The van der Waals surface area contributed by atoms with Crippen molar-refractivity contribution in [2.45, 2.75) is 24.9 Å². The van der Waals surface area contributed by atoms with Gasteiger partial charge in [-0.1, -0.05) is 0 Å². The minimum absolute atomic E-state index is 0.0474. The molecule has 0 aliphatic rings. The quantitative estimate of drug-likeness (QED) is 0.744. The predicted molar refractivity (Wildman–Crippen MR) is 76.5 cm³/mol. The molecule has 0 amide bonds. The summed E-state index contributed by atoms with van der Waals surface area (Å²) in [4.78, 5) is 6.66. The lowest BCUT2D eigenvalue weighted by atomic mass is 10.1. The number of aromatic nitrogens is 2. The molecule has 0 radical (unpaired) electrons. The van der Waals surface area contributed by atoms with E-state index in [1.54, 1.807) is 14.0 Å². The van der Waals surface area contributed by atoms with Crippen molar-refractivity contribution in [2.24, 2.45) is 0 Å². The summed E-state index contributed by atoms with van der Waals surface area (Å²) in [6.45, 7) is 1.90. The SMILES string of the molecule is CNCc1cc(S(=O)(=O)NCc2cnc[nH]2)cc(C)c1F. The van der Waals surface area contributed by atoms with Gasteiger partial charge in [-0.3, -0.25) is 0 Å². The van der Waals surface area contributed by atoms with Crippen molar-refractivity contribution in [3.8, 4) is 0 Å². The van der Waals surface area contributed by atoms with E-state index in [0.29, 0.717) is 16.8 Å². The number of aryl methyl sites for hydroxylation is 1. The Morgan fingerprint density at radius 3 is 2.71 bits per heavy atom. The van der Waals surface area contributed by atoms with Gasteiger partial charge in [0.1, 0.15) is 5.82 Å². The van der Waals surface area contributed by atoms with Crippen LogP contribution in [0.3, 0.4) is 0 Å². The van der Waals surface area contributed by atoms with Gasteiger partial charge in [-0.2, -0.15) is 0 Å². The summed E-state index contributed by atoms with van der Waals surface area (Å²) in [5, 5.41) is 2.82. The van der Waals surface area contributed by atoms with Crippen LogP contribution in [-0.2, 0) is 23.1 Å². The first-order valence-corrected chi connectivity index (χ1v) is 7.83. The molecule has 8 heteroatoms. The molecule has 2 aromatic rings. The van der Waals surface area contributed by atoms with Crippen LogP contribution in [0.2, 0.25) is 0 Å². The fourth-order valence-electron chi connectivity index (χ4n) is 1.92. The predicted octanol–water partition coefficient (Wildman–Crippen LogP) is 1.06. The van der Waals surface area contributed by atoms with Crippen LogP contribution in [0.5, 0.6) is 0 Å². The highest BCUT2D eigenvalue weighted by atomic mass is 32.2. The van der Waals surface area contributed by atoms with Gasteiger partial charge in [-0.05, 0) is 31.7 Å². The van der Waals surface area contributed by atoms with Crippen LogP contribution in [-0.4, -0.2) is 25.4 Å². The van der Waals surface area contributed by atoms with Crippen LogP contribution in [0.25, 0.3) is 0 Å². The van der Waals surface area contributed by atoms with Crippen molar-refractivity contribution in [3.05, 3.63) is 47.3 Å². The van der Waals surface area contributed by atoms with E-state index in [2.05, 4.69) is 20.0 Å². The van der Waals surface area contributed by atoms with Crippen molar-refractivity contribution >= 4 is 10.0 Å². The Labute approximate surface area is 122 Å². The Hall–Kier alpha value is -1.77. The molecule has 21 heavy (non-hydrogen) atoms. The number of hydrogen-bond donors (Lipinski definition) is 3. The summed E-state index contributed by atoms with van der Waals surface area (Å²) >= 11 is 0. The molecule has 0 bridgehead atoms. The van der Waals surface area contributed by atoms with Gasteiger partial charge in [0.25, 0.3) is 0 Å². The molecule has 1 heterocycles. The highest BCUT2D eigenvalue weighted by Gasteiger charge is 2.18. The number of sulfonamides is 1. The third kappa shape index (κ3) is 3.66. The Bertz CT molecular complexity index is 714. The second-order valence-electron chi connectivity index (χ2n) is 4.65. The van der Waals surface area contributed by atoms with E-state index < -0.39 is 15.8 Å². The first-order chi connectivity index (χ1) is 9.94. The molecule has 0 spiro atoms. The molecule has 0 aliphatic heterocycles. The lowest BCUT2D eigenvalue weighted by Gasteiger charge is -2.11. The molecule has 6 nitrogen and oxygen atoms in total. The van der Waals surface area contributed by atoms with E-state index in [4.69, 9.17) is 0 Å². The number of rotatable bonds is 6. The molecule has 0 fully saturated rings. The van der Waals surface area contributed by atoms with Crippen LogP contribution in [0, 0.1) is 12.7 Å². The van der Waals surface area contributed by atoms with Gasteiger partial charge in [0.2, 0.25) is 10.0 Å². The zero-order valence-electron chi connectivity index (χ0n) is 11.8. The zero-order chi connectivity index (χ0) is 15.5. The van der Waals surface area contributed by atoms with Crippen molar-refractivity contribution in [2.75, 3.05) is 7.05 Å². The molecule has 2 rings (SSSR count). The summed E-state index contributed by atoms with van der Waals surface area (Å²) < 4.78 is 40.9. The molecule has 3 N–H and O–H groups in total. The first-order valence-electron chi connectivity index (χ1n) is 6.34. The van der Waals surface area contributed by atoms with Gasteiger partial charge >= 0.3 is 0 Å². The van der Waals surface area contributed by atoms with Gasteiger partial charge in [-0.15, -0.1) is 0 Å². The second-order valence-corrected chi connectivity index (χ2v) is 6.41. The van der Waals surface area contributed by atoms with Gasteiger partial charge < -0.3 is 10.3 Å². The lowest BCUT2D eigenvalue weighted by Crippen LogP contribution is -2.24. The minimum Gasteiger partial charge on any atom is -0.347 e. The minimum atomic E-state index is -3.71. The molecular weight excluding hydrogens is 295 g/mol. The van der Waals surface area contributed by atoms with Crippen LogP contribution in [0.4, 0.5) is 4.39 Å². The summed E-state index contributed by atoms with van der Waals surface area (Å²) in [5.74, 6) is -0.392. The topological polar surface area (TPSA) is 86.9 Å². The largest absolute Gasteiger partial charge is 0.347 e. The van der Waals surface area contributed by atoms with Crippen LogP contribution >= 0.6 is 0 Å². The number of nitrogens with one attached hydrogen (secondary N) is 3. The van der Waals surface area contributed by atoms with Gasteiger partial charge in [0.15, 0.2) is 0 Å². The number of H-pyrrole nitrogens is 1. The fourth-order valence-corrected chi connectivity index (χ4v) is 3.06. The molecular formula is C13H17FN4O2S. The average molecular weight is 312 g/mol. The van der Waals surface area contributed by atoms with Crippen molar-refractivity contribution in [1.29, 1.82) is 0 Å². The smallest absolute Gasteiger partial charge is 0.240 e. The Morgan fingerprint density at radius 1 is 1.33 bits per heavy atom. The van der Waals surface area contributed by atoms with Gasteiger partial charge in [0, 0.05) is 24.0 Å². The molecule has 0 aliphatic carbocycles. The maximum Gasteiger partial charge on any atom is 0.240 e. The molecule has 0 atom stereocenters. The van der Waals surface area contributed by atoms with Crippen LogP contribution in [0.15, 0.2) is 29.6 Å². The third-order valence-corrected chi connectivity index (χ3v) is 4.37. The number of nitrogens with zero attached hydrogens (tertiary/aromatic N) is 1. The maximum absolute atomic E-state index is 13.9. The molecule has 1 aromatic carbocycles. The molecule has 0 saturated heterocycles.